The van der Waals surface area contributed by atoms with Crippen molar-refractivity contribution in [1.82, 2.24) is 0 Å². The zero-order valence-electron chi connectivity index (χ0n) is 13.8. The van der Waals surface area contributed by atoms with E-state index in [1.807, 2.05) is 0 Å². The topological polar surface area (TPSA) is 93.8 Å². The molecule has 2 rings (SSSR count). The van der Waals surface area contributed by atoms with Gasteiger partial charge in [0.15, 0.2) is 11.6 Å². The number of benzene rings is 2. The minimum absolute atomic E-state index is 0.0827. The third-order valence-corrected chi connectivity index (χ3v) is 3.61. The first-order valence-corrected chi connectivity index (χ1v) is 7.91. The molecule has 25 heavy (non-hydrogen) atoms. The Kier molecular flexibility index (Phi) is 6.14. The van der Waals surface area contributed by atoms with E-state index in [9.17, 15) is 9.59 Å². The predicted octanol–water partition coefficient (Wildman–Crippen LogP) is 3.21. The maximum Gasteiger partial charge on any atom is 0.267 e. The lowest BCUT2D eigenvalue weighted by Gasteiger charge is -2.11. The molecular weight excluding hydrogens is 342 g/mol. The summed E-state index contributed by atoms with van der Waals surface area (Å²) in [7, 11) is 0. The second kappa shape index (κ2) is 8.30. The zero-order chi connectivity index (χ0) is 18.4. The second-order valence-corrected chi connectivity index (χ2v) is 5.79. The molecule has 0 aliphatic heterocycles. The Labute approximate surface area is 150 Å². The van der Waals surface area contributed by atoms with Crippen molar-refractivity contribution >= 4 is 34.8 Å². The molecule has 0 bridgehead atoms. The van der Waals surface area contributed by atoms with E-state index in [0.717, 1.165) is 0 Å². The van der Waals surface area contributed by atoms with Gasteiger partial charge < -0.3 is 15.9 Å². The summed E-state index contributed by atoms with van der Waals surface area (Å²) in [4.78, 5) is 28.7. The van der Waals surface area contributed by atoms with Crippen LogP contribution in [0.5, 0.6) is 0 Å². The molecule has 0 spiro atoms. The SMILES string of the molecule is CC(=O)c1cccc(NC(=O)C(C)O/N=C(\N)c2ccc(Cl)cc2)c1. The monoisotopic (exact) mass is 359 g/mol. The molecule has 6 nitrogen and oxygen atoms in total. The molecule has 7 heteroatoms. The van der Waals surface area contributed by atoms with Crippen molar-refractivity contribution in [2.24, 2.45) is 10.9 Å². The number of nitrogens with zero attached hydrogens (tertiary/aromatic N) is 1. The van der Waals surface area contributed by atoms with Gasteiger partial charge in [0.05, 0.1) is 0 Å². The van der Waals surface area contributed by atoms with Crippen LogP contribution in [0, 0.1) is 0 Å². The molecular formula is C18H18ClN3O3. The van der Waals surface area contributed by atoms with Crippen molar-refractivity contribution in [1.29, 1.82) is 0 Å². The Hall–Kier alpha value is -2.86. The number of nitrogens with one attached hydrogen (secondary N) is 1. The molecule has 2 aromatic carbocycles. The van der Waals surface area contributed by atoms with Gasteiger partial charge in [0.2, 0.25) is 6.10 Å². The van der Waals surface area contributed by atoms with E-state index in [-0.39, 0.29) is 11.6 Å². The molecule has 0 aliphatic rings. The minimum atomic E-state index is -0.869. The molecule has 0 saturated carbocycles. The molecule has 0 aliphatic carbocycles. The minimum Gasteiger partial charge on any atom is -0.381 e. The van der Waals surface area contributed by atoms with Crippen molar-refractivity contribution < 1.29 is 14.4 Å². The molecule has 130 valence electrons. The van der Waals surface area contributed by atoms with Gasteiger partial charge in [0, 0.05) is 21.8 Å². The first-order chi connectivity index (χ1) is 11.9. The number of Topliss-reactive ketones (excluding diaryl/α,β-unsaturated/α-hetero) is 1. The Bertz CT molecular complexity index is 803. The van der Waals surface area contributed by atoms with Gasteiger partial charge in [-0.25, -0.2) is 0 Å². The second-order valence-electron chi connectivity index (χ2n) is 5.36. The van der Waals surface area contributed by atoms with Crippen molar-refractivity contribution in [3.05, 3.63) is 64.7 Å². The lowest BCUT2D eigenvalue weighted by molar-refractivity contribution is -0.126. The Morgan fingerprint density at radius 3 is 2.48 bits per heavy atom. The molecule has 2 aromatic rings. The number of hydrogen-bond donors (Lipinski definition) is 2. The highest BCUT2D eigenvalue weighted by Gasteiger charge is 2.15. The molecule has 1 atom stereocenters. The van der Waals surface area contributed by atoms with Gasteiger partial charge in [-0.2, -0.15) is 0 Å². The average molecular weight is 360 g/mol. The van der Waals surface area contributed by atoms with E-state index in [1.54, 1.807) is 55.5 Å². The van der Waals surface area contributed by atoms with Crippen molar-refractivity contribution in [3.8, 4) is 0 Å². The highest BCUT2D eigenvalue weighted by atomic mass is 35.5. The summed E-state index contributed by atoms with van der Waals surface area (Å²) < 4.78 is 0. The Morgan fingerprint density at radius 1 is 1.16 bits per heavy atom. The van der Waals surface area contributed by atoms with Crippen molar-refractivity contribution in [2.45, 2.75) is 20.0 Å². The van der Waals surface area contributed by atoms with Gasteiger partial charge in [-0.15, -0.1) is 0 Å². The number of rotatable bonds is 6. The summed E-state index contributed by atoms with van der Waals surface area (Å²) in [5.74, 6) is -0.357. The molecule has 0 saturated heterocycles. The van der Waals surface area contributed by atoms with E-state index in [1.165, 1.54) is 6.92 Å². The number of carbonyl (C=O) groups excluding carboxylic acids is 2. The van der Waals surface area contributed by atoms with E-state index in [2.05, 4.69) is 10.5 Å². The molecule has 1 amide bonds. The summed E-state index contributed by atoms with van der Waals surface area (Å²) in [5.41, 5.74) is 7.46. The van der Waals surface area contributed by atoms with Crippen LogP contribution in [0.25, 0.3) is 0 Å². The van der Waals surface area contributed by atoms with Crippen LogP contribution in [0.2, 0.25) is 5.02 Å². The number of hydrogen-bond acceptors (Lipinski definition) is 4. The lowest BCUT2D eigenvalue weighted by Crippen LogP contribution is -2.27. The summed E-state index contributed by atoms with van der Waals surface area (Å²) in [5, 5.41) is 7.01. The number of anilines is 1. The molecule has 0 radical (unpaired) electrons. The molecule has 3 N–H and O–H groups in total. The zero-order valence-corrected chi connectivity index (χ0v) is 14.6. The predicted molar refractivity (Wildman–Crippen MR) is 97.8 cm³/mol. The maximum absolute atomic E-state index is 12.1. The van der Waals surface area contributed by atoms with Crippen LogP contribution in [0.15, 0.2) is 53.7 Å². The largest absolute Gasteiger partial charge is 0.381 e. The number of nitrogens with two attached hydrogens (primary N) is 1. The summed E-state index contributed by atoms with van der Waals surface area (Å²) in [6.07, 6.45) is -0.869. The molecule has 0 aromatic heterocycles. The lowest BCUT2D eigenvalue weighted by atomic mass is 10.1. The van der Waals surface area contributed by atoms with Gasteiger partial charge in [0.1, 0.15) is 0 Å². The highest BCUT2D eigenvalue weighted by molar-refractivity contribution is 6.30. The third-order valence-electron chi connectivity index (χ3n) is 3.36. The van der Waals surface area contributed by atoms with Crippen molar-refractivity contribution in [3.63, 3.8) is 0 Å². The van der Waals surface area contributed by atoms with Crippen LogP contribution in [0.1, 0.15) is 29.8 Å². The summed E-state index contributed by atoms with van der Waals surface area (Å²) in [6.45, 7) is 3.00. The van der Waals surface area contributed by atoms with Gasteiger partial charge >= 0.3 is 0 Å². The molecule has 0 fully saturated rings. The number of halogens is 1. The van der Waals surface area contributed by atoms with Crippen LogP contribution in [-0.4, -0.2) is 23.6 Å². The summed E-state index contributed by atoms with van der Waals surface area (Å²) >= 11 is 5.81. The molecule has 1 unspecified atom stereocenters. The smallest absolute Gasteiger partial charge is 0.267 e. The molecule has 0 heterocycles. The Balaban J connectivity index is 1.98. The fraction of sp³-hybridized carbons (Fsp3) is 0.167. The van der Waals surface area contributed by atoms with Crippen LogP contribution in [0.3, 0.4) is 0 Å². The fourth-order valence-electron chi connectivity index (χ4n) is 1.92. The summed E-state index contributed by atoms with van der Waals surface area (Å²) in [6, 6.07) is 13.4. The average Bonchev–Trinajstić information content (AvgIpc) is 2.60. The van der Waals surface area contributed by atoms with E-state index in [0.29, 0.717) is 21.8 Å². The Morgan fingerprint density at radius 2 is 1.84 bits per heavy atom. The van der Waals surface area contributed by atoms with Crippen LogP contribution < -0.4 is 11.1 Å². The van der Waals surface area contributed by atoms with E-state index < -0.39 is 12.0 Å². The van der Waals surface area contributed by atoms with Gasteiger partial charge in [-0.3, -0.25) is 9.59 Å². The maximum atomic E-state index is 12.1. The number of amidine groups is 1. The number of amides is 1. The first kappa shape index (κ1) is 18.5. The fourth-order valence-corrected chi connectivity index (χ4v) is 2.04. The third kappa shape index (κ3) is 5.32. The van der Waals surface area contributed by atoms with Crippen molar-refractivity contribution in [2.75, 3.05) is 5.32 Å². The van der Waals surface area contributed by atoms with Crippen LogP contribution >= 0.6 is 11.6 Å². The van der Waals surface area contributed by atoms with Crippen LogP contribution in [0.4, 0.5) is 5.69 Å². The van der Waals surface area contributed by atoms with Crippen LogP contribution in [-0.2, 0) is 9.63 Å². The highest BCUT2D eigenvalue weighted by Crippen LogP contribution is 2.12. The van der Waals surface area contributed by atoms with Gasteiger partial charge in [-0.1, -0.05) is 28.9 Å². The quantitative estimate of drug-likeness (QED) is 0.358. The number of oxime groups is 1. The van der Waals surface area contributed by atoms with Gasteiger partial charge in [0.25, 0.3) is 5.91 Å². The number of ketones is 1. The standard InChI is InChI=1S/C18H18ClN3O3/c1-11(23)14-4-3-5-16(10-14)21-18(24)12(2)25-22-17(20)13-6-8-15(19)9-7-13/h3-10,12H,1-2H3,(H2,20,22)(H,21,24). The van der Waals surface area contributed by atoms with E-state index in [4.69, 9.17) is 22.2 Å². The number of carbonyl (C=O) groups is 2. The van der Waals surface area contributed by atoms with Gasteiger partial charge in [-0.05, 0) is 50.2 Å². The normalized spacial score (nSPS) is 12.4. The first-order valence-electron chi connectivity index (χ1n) is 7.54. The van der Waals surface area contributed by atoms with E-state index >= 15 is 0 Å².